The molecule has 2 atom stereocenters. The number of rotatable bonds is 5. The molecule has 0 bridgehead atoms. The van der Waals surface area contributed by atoms with Crippen molar-refractivity contribution < 1.29 is 13.3 Å². The van der Waals surface area contributed by atoms with Gasteiger partial charge in [-0.3, -0.25) is 0 Å². The molecule has 1 aliphatic heterocycles. The Morgan fingerprint density at radius 1 is 1.16 bits per heavy atom. The molecular formula is C23H27F2N5O. The summed E-state index contributed by atoms with van der Waals surface area (Å²) in [5.74, 6) is 1.65. The fourth-order valence-electron chi connectivity index (χ4n) is 4.45. The number of aryl methyl sites for hydroxylation is 3. The number of benzene rings is 1. The van der Waals surface area contributed by atoms with Gasteiger partial charge in [-0.05, 0) is 75.8 Å². The van der Waals surface area contributed by atoms with Crippen molar-refractivity contribution in [2.45, 2.75) is 52.2 Å². The molecule has 1 N–H and O–H groups in total. The van der Waals surface area contributed by atoms with Gasteiger partial charge in [0, 0.05) is 18.0 Å². The highest BCUT2D eigenvalue weighted by molar-refractivity contribution is 5.93. The van der Waals surface area contributed by atoms with Crippen molar-refractivity contribution in [3.05, 3.63) is 34.9 Å². The fraction of sp³-hybridized carbons (Fsp3) is 0.522. The van der Waals surface area contributed by atoms with Crippen LogP contribution in [0.5, 0.6) is 0 Å². The molecule has 2 fully saturated rings. The minimum atomic E-state index is -1.04. The number of pyridine rings is 1. The lowest BCUT2D eigenvalue weighted by Gasteiger charge is -2.37. The molecular weight excluding hydrogens is 400 g/mol. The van der Waals surface area contributed by atoms with E-state index in [9.17, 15) is 4.39 Å². The van der Waals surface area contributed by atoms with Crippen LogP contribution in [-0.2, 0) is 0 Å². The van der Waals surface area contributed by atoms with Gasteiger partial charge in [-0.25, -0.2) is 13.8 Å². The van der Waals surface area contributed by atoms with Crippen LogP contribution in [0.4, 0.5) is 14.6 Å². The molecule has 1 aromatic carbocycles. The van der Waals surface area contributed by atoms with E-state index in [1.54, 1.807) is 6.92 Å². The Labute approximate surface area is 180 Å². The molecule has 0 unspecified atom stereocenters. The molecule has 2 aliphatic rings. The first-order chi connectivity index (χ1) is 14.9. The van der Waals surface area contributed by atoms with E-state index < -0.39 is 6.17 Å². The second-order valence-corrected chi connectivity index (χ2v) is 8.93. The maximum atomic E-state index is 15.1. The van der Waals surface area contributed by atoms with Crippen LogP contribution in [-0.4, -0.2) is 47.0 Å². The van der Waals surface area contributed by atoms with Crippen molar-refractivity contribution in [2.75, 3.05) is 24.5 Å². The lowest BCUT2D eigenvalue weighted by Crippen LogP contribution is -2.51. The highest BCUT2D eigenvalue weighted by Gasteiger charge is 2.34. The van der Waals surface area contributed by atoms with Gasteiger partial charge in [0.05, 0.1) is 12.1 Å². The van der Waals surface area contributed by atoms with Gasteiger partial charge in [-0.2, -0.15) is 4.98 Å². The van der Waals surface area contributed by atoms with Crippen LogP contribution in [0.2, 0.25) is 0 Å². The van der Waals surface area contributed by atoms with E-state index in [1.165, 1.54) is 18.9 Å². The maximum Gasteiger partial charge on any atom is 0.261 e. The second-order valence-electron chi connectivity index (χ2n) is 8.93. The summed E-state index contributed by atoms with van der Waals surface area (Å²) in [5.41, 5.74) is 2.54. The summed E-state index contributed by atoms with van der Waals surface area (Å²) in [7, 11) is 0. The van der Waals surface area contributed by atoms with Crippen LogP contribution in [0.15, 0.2) is 16.7 Å². The van der Waals surface area contributed by atoms with Crippen molar-refractivity contribution in [1.82, 2.24) is 20.4 Å². The number of anilines is 1. The SMILES string of the molecule is Cc1cc(F)c2nc(N3CC[C@@H](NCC4CC4)[C@@H](F)C3)c(-c3nc(C)no3)c(C)c2c1. The Kier molecular flexibility index (Phi) is 5.12. The molecule has 1 saturated carbocycles. The first-order valence-corrected chi connectivity index (χ1v) is 10.9. The van der Waals surface area contributed by atoms with Crippen molar-refractivity contribution in [3.8, 4) is 11.5 Å². The number of halogens is 2. The topological polar surface area (TPSA) is 67.1 Å². The quantitative estimate of drug-likeness (QED) is 0.656. The van der Waals surface area contributed by atoms with E-state index in [2.05, 4.69) is 20.4 Å². The molecule has 0 radical (unpaired) electrons. The van der Waals surface area contributed by atoms with E-state index in [0.29, 0.717) is 47.4 Å². The van der Waals surface area contributed by atoms with Crippen LogP contribution >= 0.6 is 0 Å². The predicted octanol–water partition coefficient (Wildman–Crippen LogP) is 4.27. The van der Waals surface area contributed by atoms with Gasteiger partial charge in [0.1, 0.15) is 23.3 Å². The van der Waals surface area contributed by atoms with E-state index in [4.69, 9.17) is 4.52 Å². The number of aromatic nitrogens is 3. The Morgan fingerprint density at radius 3 is 2.65 bits per heavy atom. The van der Waals surface area contributed by atoms with Crippen LogP contribution in [0.1, 0.15) is 36.2 Å². The molecule has 0 amide bonds. The number of nitrogens with zero attached hydrogens (tertiary/aromatic N) is 4. The summed E-state index contributed by atoms with van der Waals surface area (Å²) < 4.78 is 35.4. The van der Waals surface area contributed by atoms with Gasteiger partial charge in [-0.1, -0.05) is 5.16 Å². The Balaban J connectivity index is 1.55. The number of fused-ring (bicyclic) bond motifs is 1. The zero-order chi connectivity index (χ0) is 21.7. The largest absolute Gasteiger partial charge is 0.353 e. The lowest BCUT2D eigenvalue weighted by atomic mass is 9.98. The van der Waals surface area contributed by atoms with Crippen LogP contribution in [0.3, 0.4) is 0 Å². The molecule has 1 aliphatic carbocycles. The highest BCUT2D eigenvalue weighted by Crippen LogP contribution is 2.38. The zero-order valence-corrected chi connectivity index (χ0v) is 18.1. The second kappa shape index (κ2) is 7.82. The average molecular weight is 427 g/mol. The van der Waals surface area contributed by atoms with Crippen molar-refractivity contribution >= 4 is 16.7 Å². The Bertz CT molecular complexity index is 1130. The normalized spacial score (nSPS) is 21.8. The molecule has 31 heavy (non-hydrogen) atoms. The molecule has 2 aromatic heterocycles. The van der Waals surface area contributed by atoms with Crippen molar-refractivity contribution in [1.29, 1.82) is 0 Å². The van der Waals surface area contributed by atoms with Gasteiger partial charge in [0.25, 0.3) is 5.89 Å². The summed E-state index contributed by atoms with van der Waals surface area (Å²) in [6.45, 7) is 7.18. The van der Waals surface area contributed by atoms with Crippen LogP contribution in [0.25, 0.3) is 22.4 Å². The summed E-state index contributed by atoms with van der Waals surface area (Å²) in [6.07, 6.45) is 2.10. The zero-order valence-electron chi connectivity index (χ0n) is 18.1. The minimum Gasteiger partial charge on any atom is -0.353 e. The van der Waals surface area contributed by atoms with E-state index in [0.717, 1.165) is 17.7 Å². The monoisotopic (exact) mass is 427 g/mol. The first kappa shape index (κ1) is 20.3. The molecule has 3 heterocycles. The van der Waals surface area contributed by atoms with Gasteiger partial charge < -0.3 is 14.7 Å². The van der Waals surface area contributed by atoms with Crippen molar-refractivity contribution in [3.63, 3.8) is 0 Å². The van der Waals surface area contributed by atoms with Gasteiger partial charge >= 0.3 is 0 Å². The highest BCUT2D eigenvalue weighted by atomic mass is 19.1. The Morgan fingerprint density at radius 2 is 1.97 bits per heavy atom. The third-order valence-electron chi connectivity index (χ3n) is 6.38. The minimum absolute atomic E-state index is 0.160. The third kappa shape index (κ3) is 3.89. The van der Waals surface area contributed by atoms with Gasteiger partial charge in [-0.15, -0.1) is 0 Å². The molecule has 3 aromatic rings. The number of hydrogen-bond donors (Lipinski definition) is 1. The van der Waals surface area contributed by atoms with Crippen LogP contribution < -0.4 is 10.2 Å². The number of alkyl halides is 1. The molecule has 8 heteroatoms. The predicted molar refractivity (Wildman–Crippen MR) is 115 cm³/mol. The summed E-state index contributed by atoms with van der Waals surface area (Å²) in [5, 5.41) is 8.01. The van der Waals surface area contributed by atoms with Crippen LogP contribution in [0, 0.1) is 32.5 Å². The molecule has 6 nitrogen and oxygen atoms in total. The Hall–Kier alpha value is -2.61. The van der Waals surface area contributed by atoms with Crippen molar-refractivity contribution in [2.24, 2.45) is 5.92 Å². The lowest BCUT2D eigenvalue weighted by molar-refractivity contribution is 0.218. The fourth-order valence-corrected chi connectivity index (χ4v) is 4.45. The van der Waals surface area contributed by atoms with Gasteiger partial charge in [0.2, 0.25) is 0 Å². The molecule has 164 valence electrons. The van der Waals surface area contributed by atoms with Gasteiger partial charge in [0.15, 0.2) is 5.82 Å². The smallest absolute Gasteiger partial charge is 0.261 e. The van der Waals surface area contributed by atoms with E-state index in [1.807, 2.05) is 24.8 Å². The number of nitrogens with one attached hydrogen (secondary N) is 1. The molecule has 5 rings (SSSR count). The average Bonchev–Trinajstić information content (AvgIpc) is 3.46. The summed E-state index contributed by atoms with van der Waals surface area (Å²) in [6, 6.07) is 3.22. The summed E-state index contributed by atoms with van der Waals surface area (Å²) >= 11 is 0. The van der Waals surface area contributed by atoms with E-state index >= 15 is 4.39 Å². The third-order valence-corrected chi connectivity index (χ3v) is 6.38. The number of piperidine rings is 1. The molecule has 0 spiro atoms. The maximum absolute atomic E-state index is 15.1. The number of hydrogen-bond acceptors (Lipinski definition) is 6. The summed E-state index contributed by atoms with van der Waals surface area (Å²) in [4.78, 5) is 10.9. The first-order valence-electron chi connectivity index (χ1n) is 10.9. The van der Waals surface area contributed by atoms with E-state index in [-0.39, 0.29) is 23.9 Å². The molecule has 1 saturated heterocycles. The standard InChI is InChI=1S/C23H27F2N5O/c1-12-8-16-13(2)20(23-27-14(3)29-31-23)22(28-21(16)17(24)9-12)30-7-6-19(18(25)11-30)26-10-15-4-5-15/h8-9,15,18-19,26H,4-7,10-11H2,1-3H3/t18-,19+/m0/s1.